The first-order valence-electron chi connectivity index (χ1n) is 11.1. The molecule has 3 aromatic rings. The van der Waals surface area contributed by atoms with Crippen molar-refractivity contribution in [3.8, 4) is 5.75 Å². The number of halogens is 3. The first-order valence-corrected chi connectivity index (χ1v) is 11.1. The lowest BCUT2D eigenvalue weighted by Gasteiger charge is -2.42. The van der Waals surface area contributed by atoms with Crippen LogP contribution in [0.3, 0.4) is 0 Å². The molecule has 0 unspecified atom stereocenters. The summed E-state index contributed by atoms with van der Waals surface area (Å²) >= 11 is 0. The highest BCUT2D eigenvalue weighted by atomic mass is 19.4. The number of nitrogens with zero attached hydrogens (tertiary/aromatic N) is 3. The maximum absolute atomic E-state index is 13.7. The highest BCUT2D eigenvalue weighted by Crippen LogP contribution is 2.43. The molecule has 0 saturated heterocycles. The molecule has 2 heterocycles. The molecule has 184 valence electrons. The summed E-state index contributed by atoms with van der Waals surface area (Å²) in [6.45, 7) is 4.37. The fraction of sp³-hybridized carbons (Fsp3) is 0.320. The van der Waals surface area contributed by atoms with Crippen molar-refractivity contribution in [2.45, 2.75) is 32.2 Å². The van der Waals surface area contributed by atoms with Crippen molar-refractivity contribution in [1.29, 1.82) is 0 Å². The molecular formula is C25H25F3N4O3. The summed E-state index contributed by atoms with van der Waals surface area (Å²) in [6.07, 6.45) is -1.47. The van der Waals surface area contributed by atoms with Crippen molar-refractivity contribution in [1.82, 2.24) is 14.7 Å². The van der Waals surface area contributed by atoms with E-state index in [1.807, 2.05) is 13.8 Å². The van der Waals surface area contributed by atoms with E-state index in [-0.39, 0.29) is 17.5 Å². The molecule has 0 radical (unpaired) electrons. The van der Waals surface area contributed by atoms with Gasteiger partial charge in [0.15, 0.2) is 0 Å². The number of anilines is 1. The molecule has 0 saturated carbocycles. The van der Waals surface area contributed by atoms with Gasteiger partial charge in [0.05, 0.1) is 18.2 Å². The van der Waals surface area contributed by atoms with Gasteiger partial charge in [-0.25, -0.2) is 0 Å². The van der Waals surface area contributed by atoms with Crippen molar-refractivity contribution in [3.05, 3.63) is 77.6 Å². The van der Waals surface area contributed by atoms with Crippen LogP contribution in [0.25, 0.3) is 0 Å². The van der Waals surface area contributed by atoms with Gasteiger partial charge in [-0.15, -0.1) is 13.2 Å². The fourth-order valence-electron chi connectivity index (χ4n) is 4.42. The summed E-state index contributed by atoms with van der Waals surface area (Å²) in [5, 5.41) is 6.96. The molecule has 0 spiro atoms. The van der Waals surface area contributed by atoms with Crippen LogP contribution in [0.15, 0.2) is 60.9 Å². The van der Waals surface area contributed by atoms with Gasteiger partial charge >= 0.3 is 6.36 Å². The molecule has 2 aromatic carbocycles. The zero-order valence-electron chi connectivity index (χ0n) is 19.4. The van der Waals surface area contributed by atoms with Crippen molar-refractivity contribution in [2.24, 2.45) is 13.0 Å². The molecule has 0 fully saturated rings. The molecule has 1 N–H and O–H groups in total. The SMILES string of the molecule is CC(C)CN1C(=O)c2ccccc2[C@H](C(=O)Nc2cccc(OC(F)(F)F)c2)[C@H]1c1cnn(C)c1. The van der Waals surface area contributed by atoms with Gasteiger partial charge in [0, 0.05) is 42.7 Å². The Kier molecular flexibility index (Phi) is 6.56. The molecule has 10 heteroatoms. The molecule has 1 aromatic heterocycles. The number of ether oxygens (including phenoxy) is 1. The number of benzene rings is 2. The number of amides is 2. The number of aryl methyl sites for hydroxylation is 1. The van der Waals surface area contributed by atoms with Gasteiger partial charge in [-0.2, -0.15) is 5.10 Å². The van der Waals surface area contributed by atoms with E-state index in [1.54, 1.807) is 53.3 Å². The number of carbonyl (C=O) groups excluding carboxylic acids is 2. The quantitative estimate of drug-likeness (QED) is 0.538. The van der Waals surface area contributed by atoms with Gasteiger partial charge in [0.25, 0.3) is 5.91 Å². The van der Waals surface area contributed by atoms with Gasteiger partial charge in [-0.1, -0.05) is 38.1 Å². The van der Waals surface area contributed by atoms with Crippen LogP contribution in [0.5, 0.6) is 5.75 Å². The van der Waals surface area contributed by atoms with Crippen LogP contribution in [-0.2, 0) is 11.8 Å². The first kappa shape index (κ1) is 24.3. The maximum atomic E-state index is 13.7. The van der Waals surface area contributed by atoms with Gasteiger partial charge in [0.2, 0.25) is 5.91 Å². The number of aromatic nitrogens is 2. The molecule has 35 heavy (non-hydrogen) atoms. The van der Waals surface area contributed by atoms with E-state index in [9.17, 15) is 22.8 Å². The summed E-state index contributed by atoms with van der Waals surface area (Å²) in [6, 6.07) is 11.4. The first-order chi connectivity index (χ1) is 16.5. The topological polar surface area (TPSA) is 76.5 Å². The van der Waals surface area contributed by atoms with Crippen LogP contribution in [0.4, 0.5) is 18.9 Å². The minimum Gasteiger partial charge on any atom is -0.406 e. The van der Waals surface area contributed by atoms with Gasteiger partial charge < -0.3 is 15.0 Å². The molecule has 0 bridgehead atoms. The lowest BCUT2D eigenvalue weighted by Crippen LogP contribution is -2.47. The smallest absolute Gasteiger partial charge is 0.406 e. The van der Waals surface area contributed by atoms with Gasteiger partial charge in [-0.3, -0.25) is 14.3 Å². The average Bonchev–Trinajstić information content (AvgIpc) is 3.20. The Hall–Kier alpha value is -3.82. The minimum atomic E-state index is -4.85. The van der Waals surface area contributed by atoms with Crippen molar-refractivity contribution >= 4 is 17.5 Å². The van der Waals surface area contributed by atoms with Crippen LogP contribution in [0, 0.1) is 5.92 Å². The van der Waals surface area contributed by atoms with Crippen LogP contribution in [0.2, 0.25) is 0 Å². The molecule has 7 nitrogen and oxygen atoms in total. The Balaban J connectivity index is 1.76. The second-order valence-corrected chi connectivity index (χ2v) is 8.87. The molecule has 4 rings (SSSR count). The second-order valence-electron chi connectivity index (χ2n) is 8.87. The third-order valence-electron chi connectivity index (χ3n) is 5.68. The van der Waals surface area contributed by atoms with Crippen molar-refractivity contribution in [3.63, 3.8) is 0 Å². The molecule has 0 aliphatic carbocycles. The van der Waals surface area contributed by atoms with Gasteiger partial charge in [-0.05, 0) is 29.7 Å². The number of nitrogens with one attached hydrogen (secondary N) is 1. The van der Waals surface area contributed by atoms with Crippen LogP contribution in [0.1, 0.15) is 47.3 Å². The predicted molar refractivity (Wildman–Crippen MR) is 123 cm³/mol. The van der Waals surface area contributed by atoms with E-state index in [1.165, 1.54) is 12.1 Å². The Bertz CT molecular complexity index is 1240. The number of alkyl halides is 3. The van der Waals surface area contributed by atoms with Crippen LogP contribution in [-0.4, -0.2) is 39.4 Å². The Morgan fingerprint density at radius 1 is 1.17 bits per heavy atom. The summed E-state index contributed by atoms with van der Waals surface area (Å²) in [5.74, 6) is -1.79. The number of carbonyl (C=O) groups is 2. The number of fused-ring (bicyclic) bond motifs is 1. The number of hydrogen-bond acceptors (Lipinski definition) is 4. The normalized spacial score (nSPS) is 17.9. The number of hydrogen-bond donors (Lipinski definition) is 1. The van der Waals surface area contributed by atoms with Crippen LogP contribution >= 0.6 is 0 Å². The summed E-state index contributed by atoms with van der Waals surface area (Å²) in [7, 11) is 1.75. The van der Waals surface area contributed by atoms with Gasteiger partial charge in [0.1, 0.15) is 5.75 Å². The maximum Gasteiger partial charge on any atom is 0.573 e. The molecule has 2 atom stereocenters. The summed E-state index contributed by atoms with van der Waals surface area (Å²) in [4.78, 5) is 28.9. The van der Waals surface area contributed by atoms with E-state index in [4.69, 9.17) is 0 Å². The minimum absolute atomic E-state index is 0.128. The van der Waals surface area contributed by atoms with Crippen LogP contribution < -0.4 is 10.1 Å². The van der Waals surface area contributed by atoms with E-state index in [0.717, 1.165) is 12.1 Å². The third-order valence-corrected chi connectivity index (χ3v) is 5.68. The monoisotopic (exact) mass is 486 g/mol. The Morgan fingerprint density at radius 2 is 1.91 bits per heavy atom. The van der Waals surface area contributed by atoms with E-state index in [0.29, 0.717) is 23.2 Å². The largest absolute Gasteiger partial charge is 0.573 e. The zero-order chi connectivity index (χ0) is 25.3. The predicted octanol–water partition coefficient (Wildman–Crippen LogP) is 4.89. The molecule has 1 aliphatic rings. The lowest BCUT2D eigenvalue weighted by molar-refractivity contribution is -0.274. The lowest BCUT2D eigenvalue weighted by atomic mass is 9.79. The van der Waals surface area contributed by atoms with E-state index < -0.39 is 30.0 Å². The summed E-state index contributed by atoms with van der Waals surface area (Å²) < 4.78 is 43.6. The fourth-order valence-corrected chi connectivity index (χ4v) is 4.42. The number of rotatable bonds is 6. The zero-order valence-corrected chi connectivity index (χ0v) is 19.4. The molecule has 1 aliphatic heterocycles. The molecule has 2 amide bonds. The van der Waals surface area contributed by atoms with E-state index in [2.05, 4.69) is 15.2 Å². The highest BCUT2D eigenvalue weighted by Gasteiger charge is 2.44. The van der Waals surface area contributed by atoms with Crippen molar-refractivity contribution < 1.29 is 27.5 Å². The standard InChI is InChI=1S/C25H25F3N4O3/c1-15(2)13-32-22(16-12-29-31(3)14-16)21(19-9-4-5-10-20(19)24(32)34)23(33)30-17-7-6-8-18(11-17)35-25(26,27)28/h4-12,14-15,21-22H,13H2,1-3H3,(H,30,33)/t21-,22+/m0/s1. The third kappa shape index (κ3) is 5.31. The average molecular weight is 486 g/mol. The Morgan fingerprint density at radius 3 is 2.57 bits per heavy atom. The van der Waals surface area contributed by atoms with E-state index >= 15 is 0 Å². The summed E-state index contributed by atoms with van der Waals surface area (Å²) in [5.41, 5.74) is 1.80. The highest BCUT2D eigenvalue weighted by molar-refractivity contribution is 6.04. The molecular weight excluding hydrogens is 461 g/mol. The second kappa shape index (κ2) is 9.44. The van der Waals surface area contributed by atoms with Crippen molar-refractivity contribution in [2.75, 3.05) is 11.9 Å². The Labute approximate surface area is 200 Å².